The molecule has 2 N–H and O–H groups in total. The second-order valence-electron chi connectivity index (χ2n) is 7.00. The zero-order valence-electron chi connectivity index (χ0n) is 15.2. The van der Waals surface area contributed by atoms with Crippen molar-refractivity contribution in [1.29, 1.82) is 0 Å². The lowest BCUT2D eigenvalue weighted by molar-refractivity contribution is -0.124. The van der Waals surface area contributed by atoms with Gasteiger partial charge in [0.1, 0.15) is 11.6 Å². The van der Waals surface area contributed by atoms with Gasteiger partial charge in [-0.2, -0.15) is 0 Å². The molecule has 2 aromatic carbocycles. The Bertz CT molecular complexity index is 901. The van der Waals surface area contributed by atoms with E-state index in [4.69, 9.17) is 4.74 Å². The smallest absolute Gasteiger partial charge is 0.258 e. The summed E-state index contributed by atoms with van der Waals surface area (Å²) in [5.74, 6) is 0.895. The number of fused-ring (bicyclic) bond motifs is 1. The second kappa shape index (κ2) is 8.22. The van der Waals surface area contributed by atoms with E-state index in [1.54, 1.807) is 30.3 Å². The van der Waals surface area contributed by atoms with Gasteiger partial charge in [0.25, 0.3) is 5.91 Å². The number of carbonyl (C=O) groups is 2. The lowest BCUT2D eigenvalue weighted by Crippen LogP contribution is -2.34. The van der Waals surface area contributed by atoms with Gasteiger partial charge in [-0.3, -0.25) is 9.59 Å². The number of anilines is 1. The predicted molar refractivity (Wildman–Crippen MR) is 106 cm³/mol. The summed E-state index contributed by atoms with van der Waals surface area (Å²) in [6, 6.07) is 11.7. The van der Waals surface area contributed by atoms with Crippen LogP contribution in [0.2, 0.25) is 0 Å². The van der Waals surface area contributed by atoms with Crippen molar-refractivity contribution in [2.45, 2.75) is 30.2 Å². The van der Waals surface area contributed by atoms with E-state index in [2.05, 4.69) is 10.6 Å². The van der Waals surface area contributed by atoms with Crippen LogP contribution in [0.5, 0.6) is 5.75 Å². The molecule has 146 valence electrons. The highest BCUT2D eigenvalue weighted by molar-refractivity contribution is 7.99. The molecule has 1 atom stereocenters. The van der Waals surface area contributed by atoms with Crippen molar-refractivity contribution in [3.05, 3.63) is 53.8 Å². The largest absolute Gasteiger partial charge is 0.484 e. The third kappa shape index (κ3) is 4.47. The Hall–Kier alpha value is -2.54. The van der Waals surface area contributed by atoms with Crippen molar-refractivity contribution in [2.24, 2.45) is 5.92 Å². The maximum absolute atomic E-state index is 13.9. The van der Waals surface area contributed by atoms with E-state index in [0.717, 1.165) is 30.6 Å². The first-order valence-corrected chi connectivity index (χ1v) is 10.3. The zero-order chi connectivity index (χ0) is 19.5. The molecule has 1 aliphatic heterocycles. The molecule has 0 saturated heterocycles. The highest BCUT2D eigenvalue weighted by atomic mass is 32.2. The second-order valence-corrected chi connectivity index (χ2v) is 8.10. The van der Waals surface area contributed by atoms with Gasteiger partial charge in [0.05, 0.1) is 6.04 Å². The van der Waals surface area contributed by atoms with Crippen LogP contribution in [0.3, 0.4) is 0 Å². The number of carbonyl (C=O) groups excluding carboxylic acids is 2. The van der Waals surface area contributed by atoms with Crippen LogP contribution in [-0.2, 0) is 9.59 Å². The van der Waals surface area contributed by atoms with E-state index >= 15 is 0 Å². The number of rotatable bonds is 6. The maximum atomic E-state index is 13.9. The molecule has 1 saturated carbocycles. The summed E-state index contributed by atoms with van der Waals surface area (Å²) < 4.78 is 19.5. The normalized spacial score (nSPS) is 18.1. The van der Waals surface area contributed by atoms with Crippen molar-refractivity contribution in [3.63, 3.8) is 0 Å². The van der Waals surface area contributed by atoms with Gasteiger partial charge in [-0.05, 0) is 43.0 Å². The molecule has 2 aliphatic rings. The summed E-state index contributed by atoms with van der Waals surface area (Å²) in [4.78, 5) is 24.8. The fraction of sp³-hybridized carbons (Fsp3) is 0.333. The number of ether oxygens (including phenoxy) is 1. The fourth-order valence-corrected chi connectivity index (χ4v) is 4.32. The third-order valence-corrected chi connectivity index (χ3v) is 5.94. The Morgan fingerprint density at radius 1 is 1.14 bits per heavy atom. The Morgan fingerprint density at radius 2 is 1.96 bits per heavy atom. The van der Waals surface area contributed by atoms with Crippen LogP contribution in [0.1, 0.15) is 30.9 Å². The number of thioether (sulfide) groups is 1. The van der Waals surface area contributed by atoms with Crippen LogP contribution < -0.4 is 15.4 Å². The van der Waals surface area contributed by atoms with Crippen molar-refractivity contribution >= 4 is 29.3 Å². The molecular weight excluding hydrogens is 379 g/mol. The van der Waals surface area contributed by atoms with E-state index < -0.39 is 0 Å². The number of nitrogens with one attached hydrogen (secondary N) is 2. The van der Waals surface area contributed by atoms with Gasteiger partial charge in [-0.1, -0.05) is 18.2 Å². The van der Waals surface area contributed by atoms with E-state index in [-0.39, 0.29) is 36.2 Å². The Kier molecular flexibility index (Phi) is 5.52. The minimum Gasteiger partial charge on any atom is -0.484 e. The predicted octanol–water partition coefficient (Wildman–Crippen LogP) is 3.91. The fourth-order valence-electron chi connectivity index (χ4n) is 3.17. The quantitative estimate of drug-likeness (QED) is 0.772. The molecule has 4 rings (SSSR count). The minimum atomic E-state index is -0.264. The Labute approximate surface area is 167 Å². The lowest BCUT2D eigenvalue weighted by Gasteiger charge is -2.26. The van der Waals surface area contributed by atoms with Crippen LogP contribution in [0.25, 0.3) is 0 Å². The average Bonchev–Trinajstić information content (AvgIpc) is 3.53. The van der Waals surface area contributed by atoms with Crippen molar-refractivity contribution in [3.8, 4) is 5.75 Å². The molecular formula is C21H21FN2O3S. The summed E-state index contributed by atoms with van der Waals surface area (Å²) in [6.45, 7) is -0.145. The van der Waals surface area contributed by atoms with Crippen molar-refractivity contribution < 1.29 is 18.7 Å². The molecule has 1 fully saturated rings. The maximum Gasteiger partial charge on any atom is 0.258 e. The molecule has 0 aromatic heterocycles. The lowest BCUT2D eigenvalue weighted by atomic mass is 10.0. The topological polar surface area (TPSA) is 67.4 Å². The zero-order valence-corrected chi connectivity index (χ0v) is 16.1. The van der Waals surface area contributed by atoms with Gasteiger partial charge >= 0.3 is 0 Å². The molecule has 1 aliphatic carbocycles. The Balaban J connectivity index is 1.33. The molecule has 7 heteroatoms. The van der Waals surface area contributed by atoms with Crippen LogP contribution >= 0.6 is 11.8 Å². The standard InChI is InChI=1S/C21H21FN2O3S/c22-17-6-2-5-16-18(9-10-28-20(16)17)24-19(25)12-27-15-4-1-3-14(11-15)23-21(26)13-7-8-13/h1-6,11,13,18H,7-10,12H2,(H,23,26)(H,24,25). The van der Waals surface area contributed by atoms with Gasteiger partial charge in [0, 0.05) is 28.3 Å². The summed E-state index contributed by atoms with van der Waals surface area (Å²) in [6.07, 6.45) is 2.62. The van der Waals surface area contributed by atoms with Crippen molar-refractivity contribution in [2.75, 3.05) is 17.7 Å². The number of halogens is 1. The molecule has 0 spiro atoms. The van der Waals surface area contributed by atoms with Crippen LogP contribution in [0.15, 0.2) is 47.4 Å². The molecule has 2 amide bonds. The Morgan fingerprint density at radius 3 is 2.79 bits per heavy atom. The number of amides is 2. The molecule has 28 heavy (non-hydrogen) atoms. The summed E-state index contributed by atoms with van der Waals surface area (Å²) in [5, 5.41) is 5.79. The molecule has 0 radical (unpaired) electrons. The number of hydrogen-bond donors (Lipinski definition) is 2. The molecule has 1 unspecified atom stereocenters. The molecule has 5 nitrogen and oxygen atoms in total. The molecule has 0 bridgehead atoms. The van der Waals surface area contributed by atoms with E-state index in [1.165, 1.54) is 17.8 Å². The number of hydrogen-bond acceptors (Lipinski definition) is 4. The highest BCUT2D eigenvalue weighted by Gasteiger charge is 2.29. The average molecular weight is 400 g/mol. The first-order chi connectivity index (χ1) is 13.6. The minimum absolute atomic E-state index is 0.0240. The van der Waals surface area contributed by atoms with Gasteiger partial charge in [-0.25, -0.2) is 4.39 Å². The monoisotopic (exact) mass is 400 g/mol. The number of benzene rings is 2. The van der Waals surface area contributed by atoms with Crippen LogP contribution in [0.4, 0.5) is 10.1 Å². The molecule has 2 aromatic rings. The molecule has 1 heterocycles. The highest BCUT2D eigenvalue weighted by Crippen LogP contribution is 2.37. The van der Waals surface area contributed by atoms with Crippen LogP contribution in [0, 0.1) is 11.7 Å². The van der Waals surface area contributed by atoms with E-state index in [0.29, 0.717) is 16.3 Å². The van der Waals surface area contributed by atoms with E-state index in [9.17, 15) is 14.0 Å². The first kappa shape index (κ1) is 18.8. The SMILES string of the molecule is O=C(COc1cccc(NC(=O)C2CC2)c1)NC1CCSc2c(F)cccc21. The third-order valence-electron chi connectivity index (χ3n) is 4.78. The summed E-state index contributed by atoms with van der Waals surface area (Å²) in [5.41, 5.74) is 1.47. The van der Waals surface area contributed by atoms with Gasteiger partial charge in [-0.15, -0.1) is 11.8 Å². The summed E-state index contributed by atoms with van der Waals surface area (Å²) in [7, 11) is 0. The van der Waals surface area contributed by atoms with E-state index in [1.807, 2.05) is 6.07 Å². The van der Waals surface area contributed by atoms with Gasteiger partial charge in [0.15, 0.2) is 6.61 Å². The van der Waals surface area contributed by atoms with Crippen molar-refractivity contribution in [1.82, 2.24) is 5.32 Å². The van der Waals surface area contributed by atoms with Gasteiger partial charge < -0.3 is 15.4 Å². The first-order valence-electron chi connectivity index (χ1n) is 9.34. The summed E-state index contributed by atoms with van der Waals surface area (Å²) >= 11 is 1.48. The van der Waals surface area contributed by atoms with Crippen LogP contribution in [-0.4, -0.2) is 24.2 Å². The van der Waals surface area contributed by atoms with Gasteiger partial charge in [0.2, 0.25) is 5.91 Å².